The van der Waals surface area contributed by atoms with Gasteiger partial charge in [-0.1, -0.05) is 6.42 Å². The number of amides is 1. The molecule has 7 nitrogen and oxygen atoms in total. The highest BCUT2D eigenvalue weighted by Crippen LogP contribution is 2.27. The van der Waals surface area contributed by atoms with Crippen LogP contribution in [0.3, 0.4) is 0 Å². The molecule has 2 aromatic rings. The molecule has 1 unspecified atom stereocenters. The molecule has 0 spiro atoms. The van der Waals surface area contributed by atoms with Gasteiger partial charge in [-0.2, -0.15) is 0 Å². The molecular weight excluding hydrogens is 432 g/mol. The Morgan fingerprint density at radius 2 is 1.97 bits per heavy atom. The SMILES string of the molecule is Cl.Cl.NC(C(=O)Nc1cc(-c2nnc3n2CCCCC3)ccc1F)C1CCOCC1. The molecule has 4 rings (SSSR count). The number of hydrogen-bond acceptors (Lipinski definition) is 5. The molecule has 1 atom stereocenters. The summed E-state index contributed by atoms with van der Waals surface area (Å²) in [7, 11) is 0. The van der Waals surface area contributed by atoms with Gasteiger partial charge >= 0.3 is 0 Å². The first kappa shape index (κ1) is 24.5. The first-order chi connectivity index (χ1) is 13.6. The predicted molar refractivity (Wildman–Crippen MR) is 118 cm³/mol. The Balaban J connectivity index is 0.00000160. The van der Waals surface area contributed by atoms with Gasteiger partial charge in [-0.3, -0.25) is 4.79 Å². The molecule has 1 fully saturated rings. The highest BCUT2D eigenvalue weighted by molar-refractivity contribution is 5.95. The smallest absolute Gasteiger partial charge is 0.241 e. The summed E-state index contributed by atoms with van der Waals surface area (Å²) in [5.41, 5.74) is 6.97. The van der Waals surface area contributed by atoms with Crippen LogP contribution in [0, 0.1) is 11.7 Å². The largest absolute Gasteiger partial charge is 0.381 e. The van der Waals surface area contributed by atoms with E-state index in [4.69, 9.17) is 10.5 Å². The van der Waals surface area contributed by atoms with Crippen molar-refractivity contribution in [3.8, 4) is 11.4 Å². The Labute approximate surface area is 187 Å². The number of carbonyl (C=O) groups is 1. The number of benzene rings is 1. The second kappa shape index (κ2) is 11.0. The number of fused-ring (bicyclic) bond motifs is 1. The topological polar surface area (TPSA) is 95.1 Å². The van der Waals surface area contributed by atoms with Gasteiger partial charge in [0.15, 0.2) is 5.82 Å². The normalized spacial score (nSPS) is 17.7. The molecule has 1 aromatic carbocycles. The summed E-state index contributed by atoms with van der Waals surface area (Å²) in [5.74, 6) is 0.854. The van der Waals surface area contributed by atoms with Crippen molar-refractivity contribution >= 4 is 36.4 Å². The molecular formula is C20H28Cl2FN5O2. The highest BCUT2D eigenvalue weighted by atomic mass is 35.5. The number of anilines is 1. The lowest BCUT2D eigenvalue weighted by Gasteiger charge is -2.26. The Kier molecular flexibility index (Phi) is 9.03. The van der Waals surface area contributed by atoms with Crippen LogP contribution >= 0.6 is 24.8 Å². The second-order valence-corrected chi connectivity index (χ2v) is 7.56. The number of nitrogens with zero attached hydrogens (tertiary/aromatic N) is 3. The number of ether oxygens (including phenoxy) is 1. The van der Waals surface area contributed by atoms with Crippen LogP contribution in [0.2, 0.25) is 0 Å². The maximum atomic E-state index is 14.4. The molecule has 0 aliphatic carbocycles. The highest BCUT2D eigenvalue weighted by Gasteiger charge is 2.27. The molecule has 0 radical (unpaired) electrons. The average Bonchev–Trinajstić information content (AvgIpc) is 2.97. The van der Waals surface area contributed by atoms with Crippen LogP contribution in [0.15, 0.2) is 18.2 Å². The number of aromatic nitrogens is 3. The third kappa shape index (κ3) is 5.29. The van der Waals surface area contributed by atoms with Gasteiger partial charge < -0.3 is 20.4 Å². The summed E-state index contributed by atoms with van der Waals surface area (Å²) < 4.78 is 21.8. The van der Waals surface area contributed by atoms with Crippen LogP contribution in [0.4, 0.5) is 10.1 Å². The third-order valence-electron chi connectivity index (χ3n) is 5.67. The van der Waals surface area contributed by atoms with Crippen LogP contribution in [0.25, 0.3) is 11.4 Å². The van der Waals surface area contributed by atoms with E-state index in [2.05, 4.69) is 20.1 Å². The van der Waals surface area contributed by atoms with Gasteiger partial charge in [-0.25, -0.2) is 4.39 Å². The Morgan fingerprint density at radius 3 is 2.73 bits per heavy atom. The fourth-order valence-corrected chi connectivity index (χ4v) is 3.96. The number of hydrogen-bond donors (Lipinski definition) is 2. The van der Waals surface area contributed by atoms with E-state index in [-0.39, 0.29) is 42.3 Å². The van der Waals surface area contributed by atoms with Gasteiger partial charge in [-0.15, -0.1) is 35.0 Å². The summed E-state index contributed by atoms with van der Waals surface area (Å²) in [6.07, 6.45) is 5.72. The van der Waals surface area contributed by atoms with Crippen LogP contribution in [0.1, 0.15) is 37.9 Å². The van der Waals surface area contributed by atoms with Crippen molar-refractivity contribution in [2.75, 3.05) is 18.5 Å². The zero-order valence-corrected chi connectivity index (χ0v) is 18.3. The number of rotatable bonds is 4. The fourth-order valence-electron chi connectivity index (χ4n) is 3.96. The van der Waals surface area contributed by atoms with Gasteiger partial charge in [0.05, 0.1) is 11.7 Å². The molecule has 2 aliphatic heterocycles. The van der Waals surface area contributed by atoms with Crippen LogP contribution in [0.5, 0.6) is 0 Å². The number of nitrogens with one attached hydrogen (secondary N) is 1. The van der Waals surface area contributed by atoms with Crippen molar-refractivity contribution in [1.82, 2.24) is 14.8 Å². The van der Waals surface area contributed by atoms with Crippen molar-refractivity contribution in [1.29, 1.82) is 0 Å². The van der Waals surface area contributed by atoms with E-state index >= 15 is 0 Å². The molecule has 1 saturated heterocycles. The maximum absolute atomic E-state index is 14.4. The maximum Gasteiger partial charge on any atom is 0.241 e. The quantitative estimate of drug-likeness (QED) is 0.730. The first-order valence-corrected chi connectivity index (χ1v) is 9.99. The molecule has 3 N–H and O–H groups in total. The van der Waals surface area contributed by atoms with Crippen LogP contribution in [-0.2, 0) is 22.5 Å². The van der Waals surface area contributed by atoms with E-state index in [0.29, 0.717) is 19.0 Å². The Bertz CT molecular complexity index is 858. The molecule has 166 valence electrons. The zero-order chi connectivity index (χ0) is 19.5. The number of aryl methyl sites for hydroxylation is 1. The van der Waals surface area contributed by atoms with Crippen molar-refractivity contribution in [2.24, 2.45) is 11.7 Å². The molecule has 1 amide bonds. The average molecular weight is 460 g/mol. The lowest BCUT2D eigenvalue weighted by Crippen LogP contribution is -2.44. The van der Waals surface area contributed by atoms with E-state index < -0.39 is 11.9 Å². The van der Waals surface area contributed by atoms with E-state index in [1.165, 1.54) is 6.07 Å². The molecule has 3 heterocycles. The number of halogens is 3. The summed E-state index contributed by atoms with van der Waals surface area (Å²) in [6.45, 7) is 2.06. The Morgan fingerprint density at radius 1 is 1.20 bits per heavy atom. The lowest BCUT2D eigenvalue weighted by atomic mass is 9.92. The van der Waals surface area contributed by atoms with Crippen LogP contribution < -0.4 is 11.1 Å². The van der Waals surface area contributed by atoms with Crippen molar-refractivity contribution < 1.29 is 13.9 Å². The van der Waals surface area contributed by atoms with Gasteiger partial charge in [0, 0.05) is 31.7 Å². The molecule has 10 heteroatoms. The van der Waals surface area contributed by atoms with Gasteiger partial charge in [0.25, 0.3) is 0 Å². The van der Waals surface area contributed by atoms with Crippen molar-refractivity contribution in [3.63, 3.8) is 0 Å². The standard InChI is InChI=1S/C20H26FN5O2.2ClH/c21-15-6-5-14(19-25-24-17-4-2-1-3-9-26(17)19)12-16(15)23-20(27)18(22)13-7-10-28-11-8-13;;/h5-6,12-13,18H,1-4,7-11,22H2,(H,23,27);2*1H. The fraction of sp³-hybridized carbons (Fsp3) is 0.550. The number of nitrogens with two attached hydrogens (primary N) is 1. The summed E-state index contributed by atoms with van der Waals surface area (Å²) >= 11 is 0. The number of carbonyl (C=O) groups excluding carboxylic acids is 1. The van der Waals surface area contributed by atoms with Crippen molar-refractivity contribution in [3.05, 3.63) is 29.8 Å². The van der Waals surface area contributed by atoms with E-state index in [0.717, 1.165) is 56.5 Å². The summed E-state index contributed by atoms with van der Waals surface area (Å²) in [5, 5.41) is 11.3. The molecule has 30 heavy (non-hydrogen) atoms. The minimum absolute atomic E-state index is 0. The molecule has 0 bridgehead atoms. The molecule has 0 saturated carbocycles. The van der Waals surface area contributed by atoms with Gasteiger partial charge in [0.2, 0.25) is 5.91 Å². The predicted octanol–water partition coefficient (Wildman–Crippen LogP) is 3.35. The van der Waals surface area contributed by atoms with Crippen LogP contribution in [-0.4, -0.2) is 39.9 Å². The summed E-state index contributed by atoms with van der Waals surface area (Å²) in [4.78, 5) is 12.6. The first-order valence-electron chi connectivity index (χ1n) is 9.99. The van der Waals surface area contributed by atoms with Gasteiger partial charge in [0.1, 0.15) is 11.6 Å². The molecule has 1 aromatic heterocycles. The monoisotopic (exact) mass is 459 g/mol. The van der Waals surface area contributed by atoms with E-state index in [1.807, 2.05) is 0 Å². The van der Waals surface area contributed by atoms with E-state index in [1.54, 1.807) is 12.1 Å². The lowest BCUT2D eigenvalue weighted by molar-refractivity contribution is -0.119. The minimum Gasteiger partial charge on any atom is -0.381 e. The zero-order valence-electron chi connectivity index (χ0n) is 16.7. The van der Waals surface area contributed by atoms with E-state index in [9.17, 15) is 9.18 Å². The van der Waals surface area contributed by atoms with Crippen molar-refractivity contribution in [2.45, 2.75) is 51.1 Å². The third-order valence-corrected chi connectivity index (χ3v) is 5.67. The Hall–Kier alpha value is -1.74. The minimum atomic E-state index is -0.684. The molecule has 2 aliphatic rings. The van der Waals surface area contributed by atoms with Gasteiger partial charge in [-0.05, 0) is 49.8 Å². The second-order valence-electron chi connectivity index (χ2n) is 7.56. The summed E-state index contributed by atoms with van der Waals surface area (Å²) in [6, 6.07) is 3.96.